The Morgan fingerprint density at radius 2 is 1.73 bits per heavy atom. The highest BCUT2D eigenvalue weighted by Crippen LogP contribution is 2.08. The summed E-state index contributed by atoms with van der Waals surface area (Å²) in [7, 11) is 0. The fourth-order valence-electron chi connectivity index (χ4n) is 1.99. The van der Waals surface area contributed by atoms with Crippen LogP contribution in [0.25, 0.3) is 0 Å². The van der Waals surface area contributed by atoms with Crippen molar-refractivity contribution in [3.8, 4) is 0 Å². The molecule has 4 heteroatoms. The van der Waals surface area contributed by atoms with E-state index in [1.165, 1.54) is 5.56 Å². The van der Waals surface area contributed by atoms with E-state index in [9.17, 15) is 9.59 Å². The Bertz CT molecular complexity index is 454. The first kappa shape index (κ1) is 18.2. The van der Waals surface area contributed by atoms with Crippen molar-refractivity contribution in [3.05, 3.63) is 35.4 Å². The highest BCUT2D eigenvalue weighted by molar-refractivity contribution is 5.94. The molecule has 0 aliphatic rings. The summed E-state index contributed by atoms with van der Waals surface area (Å²) in [5.74, 6) is -0.410. The molecule has 1 N–H and O–H groups in total. The predicted octanol–water partition coefficient (Wildman–Crippen LogP) is 3.49. The number of carbonyl (C=O) groups is 2. The van der Waals surface area contributed by atoms with Gasteiger partial charge in [0, 0.05) is 12.1 Å². The van der Waals surface area contributed by atoms with Gasteiger partial charge in [-0.1, -0.05) is 38.8 Å². The largest absolute Gasteiger partial charge is 0.466 e. The van der Waals surface area contributed by atoms with Crippen LogP contribution in [0.1, 0.15) is 61.9 Å². The lowest BCUT2D eigenvalue weighted by molar-refractivity contribution is -0.143. The van der Waals surface area contributed by atoms with Crippen LogP contribution in [0.4, 0.5) is 0 Å². The van der Waals surface area contributed by atoms with Crippen molar-refractivity contribution >= 4 is 11.9 Å². The fraction of sp³-hybridized carbons (Fsp3) is 0.556. The lowest BCUT2D eigenvalue weighted by atomic mass is 10.1. The van der Waals surface area contributed by atoms with Gasteiger partial charge in [-0.15, -0.1) is 0 Å². The smallest absolute Gasteiger partial charge is 0.307 e. The fourth-order valence-corrected chi connectivity index (χ4v) is 1.99. The molecular weight excluding hydrogens is 278 g/mol. The van der Waals surface area contributed by atoms with Gasteiger partial charge in [-0.05, 0) is 37.0 Å². The maximum absolute atomic E-state index is 11.9. The number of benzene rings is 1. The summed E-state index contributed by atoms with van der Waals surface area (Å²) in [6.45, 7) is 4.97. The zero-order chi connectivity index (χ0) is 16.2. The number of rotatable bonds is 10. The second-order valence-electron chi connectivity index (χ2n) is 5.38. The molecule has 1 aromatic carbocycles. The van der Waals surface area contributed by atoms with E-state index < -0.39 is 0 Å². The van der Waals surface area contributed by atoms with Crippen molar-refractivity contribution in [1.29, 1.82) is 0 Å². The third-order valence-corrected chi connectivity index (χ3v) is 3.41. The number of hydrogen-bond acceptors (Lipinski definition) is 3. The predicted molar refractivity (Wildman–Crippen MR) is 87.9 cm³/mol. The van der Waals surface area contributed by atoms with Crippen molar-refractivity contribution in [1.82, 2.24) is 5.32 Å². The lowest BCUT2D eigenvalue weighted by Crippen LogP contribution is -2.26. The van der Waals surface area contributed by atoms with Crippen LogP contribution < -0.4 is 5.32 Å². The second kappa shape index (κ2) is 10.8. The van der Waals surface area contributed by atoms with E-state index in [2.05, 4.69) is 12.2 Å². The Morgan fingerprint density at radius 3 is 2.36 bits per heavy atom. The molecule has 0 saturated carbocycles. The minimum absolute atomic E-state index is 0.150. The first-order valence-corrected chi connectivity index (χ1v) is 8.20. The highest BCUT2D eigenvalue weighted by Gasteiger charge is 2.07. The third-order valence-electron chi connectivity index (χ3n) is 3.41. The number of esters is 1. The molecule has 1 aromatic rings. The molecule has 0 saturated heterocycles. The molecule has 0 radical (unpaired) electrons. The first-order chi connectivity index (χ1) is 10.7. The maximum atomic E-state index is 11.9. The molecule has 0 aliphatic heterocycles. The van der Waals surface area contributed by atoms with Crippen molar-refractivity contribution in [3.63, 3.8) is 0 Å². The molecule has 1 rings (SSSR count). The summed E-state index contributed by atoms with van der Waals surface area (Å²) in [6.07, 6.45) is 5.45. The number of nitrogens with one attached hydrogen (secondary N) is 1. The number of hydrogen-bond donors (Lipinski definition) is 1. The monoisotopic (exact) mass is 305 g/mol. The third kappa shape index (κ3) is 7.25. The van der Waals surface area contributed by atoms with Crippen molar-refractivity contribution in [2.75, 3.05) is 13.2 Å². The van der Waals surface area contributed by atoms with Crippen LogP contribution in [0.5, 0.6) is 0 Å². The van der Waals surface area contributed by atoms with E-state index >= 15 is 0 Å². The SMILES string of the molecule is CCCCOC(=O)CCNC(=O)c1ccc(CCCC)cc1. The van der Waals surface area contributed by atoms with Gasteiger partial charge in [-0.2, -0.15) is 0 Å². The van der Waals surface area contributed by atoms with E-state index in [0.29, 0.717) is 18.7 Å². The summed E-state index contributed by atoms with van der Waals surface area (Å²) in [5, 5.41) is 2.74. The van der Waals surface area contributed by atoms with E-state index in [1.54, 1.807) is 0 Å². The van der Waals surface area contributed by atoms with Crippen LogP contribution in [0.3, 0.4) is 0 Å². The molecule has 0 atom stereocenters. The summed E-state index contributed by atoms with van der Waals surface area (Å²) < 4.78 is 5.03. The van der Waals surface area contributed by atoms with Gasteiger partial charge in [-0.3, -0.25) is 9.59 Å². The van der Waals surface area contributed by atoms with E-state index in [0.717, 1.165) is 32.1 Å². The maximum Gasteiger partial charge on any atom is 0.307 e. The standard InChI is InChI=1S/C18H27NO3/c1-3-5-7-15-8-10-16(11-9-15)18(21)19-13-12-17(20)22-14-6-4-2/h8-11H,3-7,12-14H2,1-2H3,(H,19,21). The van der Waals surface area contributed by atoms with Crippen LogP contribution in [-0.4, -0.2) is 25.0 Å². The molecule has 4 nitrogen and oxygen atoms in total. The average Bonchev–Trinajstić information content (AvgIpc) is 2.53. The lowest BCUT2D eigenvalue weighted by Gasteiger charge is -2.07. The molecule has 0 aromatic heterocycles. The Hall–Kier alpha value is -1.84. The topological polar surface area (TPSA) is 55.4 Å². The number of aryl methyl sites for hydroxylation is 1. The molecule has 1 amide bonds. The Balaban J connectivity index is 2.28. The first-order valence-electron chi connectivity index (χ1n) is 8.20. The van der Waals surface area contributed by atoms with Gasteiger partial charge in [0.1, 0.15) is 0 Å². The summed E-state index contributed by atoms with van der Waals surface area (Å²) in [4.78, 5) is 23.4. The highest BCUT2D eigenvalue weighted by atomic mass is 16.5. The van der Waals surface area contributed by atoms with E-state index in [-0.39, 0.29) is 18.3 Å². The Labute approximate surface area is 133 Å². The zero-order valence-electron chi connectivity index (χ0n) is 13.7. The molecular formula is C18H27NO3. The molecule has 0 fully saturated rings. The van der Waals surface area contributed by atoms with Crippen molar-refractivity contribution < 1.29 is 14.3 Å². The molecule has 0 spiro atoms. The number of ether oxygens (including phenoxy) is 1. The summed E-state index contributed by atoms with van der Waals surface area (Å²) in [5.41, 5.74) is 1.87. The van der Waals surface area contributed by atoms with Crippen LogP contribution in [0.2, 0.25) is 0 Å². The summed E-state index contributed by atoms with van der Waals surface area (Å²) >= 11 is 0. The summed E-state index contributed by atoms with van der Waals surface area (Å²) in [6, 6.07) is 7.65. The van der Waals surface area contributed by atoms with Gasteiger partial charge in [-0.25, -0.2) is 0 Å². The molecule has 0 bridgehead atoms. The molecule has 0 heterocycles. The van der Waals surface area contributed by atoms with E-state index in [4.69, 9.17) is 4.74 Å². The van der Waals surface area contributed by atoms with Crippen molar-refractivity contribution in [2.45, 2.75) is 52.4 Å². The van der Waals surface area contributed by atoms with E-state index in [1.807, 2.05) is 31.2 Å². The minimum atomic E-state index is -0.260. The van der Waals surface area contributed by atoms with Gasteiger partial charge >= 0.3 is 5.97 Å². The normalized spacial score (nSPS) is 10.3. The van der Waals surface area contributed by atoms with Gasteiger partial charge < -0.3 is 10.1 Å². The molecule has 22 heavy (non-hydrogen) atoms. The Kier molecular flexibility index (Phi) is 8.96. The quantitative estimate of drug-likeness (QED) is 0.532. The number of carbonyl (C=O) groups excluding carboxylic acids is 2. The Morgan fingerprint density at radius 1 is 1.05 bits per heavy atom. The van der Waals surface area contributed by atoms with Crippen LogP contribution >= 0.6 is 0 Å². The number of unbranched alkanes of at least 4 members (excludes halogenated alkanes) is 2. The average molecular weight is 305 g/mol. The zero-order valence-corrected chi connectivity index (χ0v) is 13.7. The van der Waals surface area contributed by atoms with Gasteiger partial charge in [0.15, 0.2) is 0 Å². The minimum Gasteiger partial charge on any atom is -0.466 e. The van der Waals surface area contributed by atoms with Gasteiger partial charge in [0.2, 0.25) is 0 Å². The van der Waals surface area contributed by atoms with Crippen LogP contribution in [-0.2, 0) is 16.0 Å². The molecule has 0 aliphatic carbocycles. The molecule has 122 valence electrons. The van der Waals surface area contributed by atoms with Crippen LogP contribution in [0.15, 0.2) is 24.3 Å². The van der Waals surface area contributed by atoms with Gasteiger partial charge in [0.05, 0.1) is 13.0 Å². The van der Waals surface area contributed by atoms with Crippen LogP contribution in [0, 0.1) is 0 Å². The van der Waals surface area contributed by atoms with Crippen molar-refractivity contribution in [2.24, 2.45) is 0 Å². The molecule has 0 unspecified atom stereocenters. The number of amides is 1. The van der Waals surface area contributed by atoms with Gasteiger partial charge in [0.25, 0.3) is 5.91 Å². The second-order valence-corrected chi connectivity index (χ2v) is 5.38.